The lowest BCUT2D eigenvalue weighted by atomic mass is 10.1. The molecular formula is C13H16ClNO5S. The fraction of sp³-hybridized carbons (Fsp3) is 0.385. The first-order valence-electron chi connectivity index (χ1n) is 6.10. The lowest BCUT2D eigenvalue weighted by molar-refractivity contribution is -0.126. The second-order valence-corrected chi connectivity index (χ2v) is 6.94. The first-order chi connectivity index (χ1) is 9.60. The van der Waals surface area contributed by atoms with Crippen molar-refractivity contribution in [2.24, 2.45) is 0 Å². The molecule has 0 saturated carbocycles. The van der Waals surface area contributed by atoms with Gasteiger partial charge in [-0.05, 0) is 31.5 Å². The van der Waals surface area contributed by atoms with Crippen LogP contribution in [0.2, 0.25) is 5.02 Å². The maximum atomic E-state index is 12.3. The minimum absolute atomic E-state index is 0.00660. The van der Waals surface area contributed by atoms with Gasteiger partial charge in [0.2, 0.25) is 5.91 Å². The highest BCUT2D eigenvalue weighted by atomic mass is 35.5. The number of rotatable bonds is 5. The highest BCUT2D eigenvalue weighted by Gasteiger charge is 2.26. The smallest absolute Gasteiger partial charge is 0.336 e. The summed E-state index contributed by atoms with van der Waals surface area (Å²) in [6, 6.07) is 2.34. The molecule has 0 bridgehead atoms. The predicted molar refractivity (Wildman–Crippen MR) is 78.5 cm³/mol. The number of amides is 1. The Morgan fingerprint density at radius 1 is 1.33 bits per heavy atom. The van der Waals surface area contributed by atoms with Gasteiger partial charge in [-0.25, -0.2) is 13.2 Å². The molecule has 0 fully saturated rings. The summed E-state index contributed by atoms with van der Waals surface area (Å²) in [5.74, 6) is -2.56. The van der Waals surface area contributed by atoms with Crippen molar-refractivity contribution < 1.29 is 23.1 Å². The van der Waals surface area contributed by atoms with Crippen molar-refractivity contribution in [3.05, 3.63) is 28.3 Å². The summed E-state index contributed by atoms with van der Waals surface area (Å²) < 4.78 is 24.6. The molecule has 0 atom stereocenters. The second-order valence-electron chi connectivity index (χ2n) is 4.55. The van der Waals surface area contributed by atoms with E-state index < -0.39 is 27.5 Å². The van der Waals surface area contributed by atoms with Crippen molar-refractivity contribution in [3.8, 4) is 0 Å². The summed E-state index contributed by atoms with van der Waals surface area (Å²) in [6.07, 6.45) is 0. The third-order valence-corrected chi connectivity index (χ3v) is 5.04. The van der Waals surface area contributed by atoms with Gasteiger partial charge in [0.05, 0.1) is 10.5 Å². The first-order valence-corrected chi connectivity index (χ1v) is 8.13. The average molecular weight is 334 g/mol. The summed E-state index contributed by atoms with van der Waals surface area (Å²) in [5.41, 5.74) is -0.128. The molecule has 0 heterocycles. The van der Waals surface area contributed by atoms with Gasteiger partial charge >= 0.3 is 5.97 Å². The number of hydrogen-bond donors (Lipinski definition) is 1. The Morgan fingerprint density at radius 3 is 2.38 bits per heavy atom. The third-order valence-electron chi connectivity index (χ3n) is 3.10. The van der Waals surface area contributed by atoms with Gasteiger partial charge in [-0.15, -0.1) is 0 Å². The van der Waals surface area contributed by atoms with Gasteiger partial charge < -0.3 is 10.0 Å². The number of benzene rings is 1. The fourth-order valence-corrected chi connectivity index (χ4v) is 3.59. The van der Waals surface area contributed by atoms with E-state index in [4.69, 9.17) is 16.7 Å². The number of carboxylic acid groups (broad SMARTS) is 1. The van der Waals surface area contributed by atoms with E-state index in [-0.39, 0.29) is 21.0 Å². The second kappa shape index (κ2) is 6.44. The molecule has 1 rings (SSSR count). The van der Waals surface area contributed by atoms with Crippen LogP contribution in [0.4, 0.5) is 0 Å². The Kier molecular flexibility index (Phi) is 5.36. The molecule has 21 heavy (non-hydrogen) atoms. The largest absolute Gasteiger partial charge is 0.478 e. The summed E-state index contributed by atoms with van der Waals surface area (Å²) in [7, 11) is -2.47. The molecular weight excluding hydrogens is 318 g/mol. The van der Waals surface area contributed by atoms with E-state index in [9.17, 15) is 18.0 Å². The number of sulfone groups is 1. The number of nitrogens with zero attached hydrogens (tertiary/aromatic N) is 1. The van der Waals surface area contributed by atoms with Crippen molar-refractivity contribution in [2.75, 3.05) is 19.3 Å². The number of carbonyl (C=O) groups is 2. The van der Waals surface area contributed by atoms with Crippen molar-refractivity contribution in [1.29, 1.82) is 0 Å². The van der Waals surface area contributed by atoms with Gasteiger partial charge in [-0.2, -0.15) is 0 Å². The van der Waals surface area contributed by atoms with Gasteiger partial charge in [0.15, 0.2) is 9.84 Å². The van der Waals surface area contributed by atoms with Crippen LogP contribution < -0.4 is 0 Å². The maximum Gasteiger partial charge on any atom is 0.336 e. The molecule has 0 aliphatic carbocycles. The van der Waals surface area contributed by atoms with E-state index >= 15 is 0 Å². The molecule has 0 saturated heterocycles. The van der Waals surface area contributed by atoms with Crippen molar-refractivity contribution in [3.63, 3.8) is 0 Å². The highest BCUT2D eigenvalue weighted by Crippen LogP contribution is 2.25. The SMILES string of the molecule is CCN(C)C(=O)CS(=O)(=O)c1cc(Cl)cc(C(=O)O)c1C. The number of aromatic carboxylic acids is 1. The van der Waals surface area contributed by atoms with Gasteiger partial charge in [0.25, 0.3) is 0 Å². The Bertz CT molecular complexity index is 684. The van der Waals surface area contributed by atoms with Crippen LogP contribution in [0.25, 0.3) is 0 Å². The number of halogens is 1. The molecule has 1 aromatic carbocycles. The zero-order chi connectivity index (χ0) is 16.4. The Balaban J connectivity index is 3.33. The van der Waals surface area contributed by atoms with Crippen LogP contribution in [-0.2, 0) is 14.6 Å². The van der Waals surface area contributed by atoms with Crippen LogP contribution in [0.5, 0.6) is 0 Å². The van der Waals surface area contributed by atoms with E-state index in [0.717, 1.165) is 6.07 Å². The van der Waals surface area contributed by atoms with E-state index in [0.29, 0.717) is 6.54 Å². The van der Waals surface area contributed by atoms with Gasteiger partial charge in [-0.3, -0.25) is 4.79 Å². The van der Waals surface area contributed by atoms with Crippen LogP contribution in [0.1, 0.15) is 22.8 Å². The van der Waals surface area contributed by atoms with Gasteiger partial charge in [-0.1, -0.05) is 11.6 Å². The lowest BCUT2D eigenvalue weighted by Gasteiger charge is -2.16. The molecule has 1 aromatic rings. The number of carbonyl (C=O) groups excluding carboxylic acids is 1. The molecule has 0 spiro atoms. The van der Waals surface area contributed by atoms with Crippen molar-refractivity contribution in [2.45, 2.75) is 18.7 Å². The topological polar surface area (TPSA) is 91.8 Å². The van der Waals surface area contributed by atoms with Crippen LogP contribution in [0.15, 0.2) is 17.0 Å². The maximum absolute atomic E-state index is 12.3. The van der Waals surface area contributed by atoms with Crippen LogP contribution in [0, 0.1) is 6.92 Å². The molecule has 0 unspecified atom stereocenters. The fourth-order valence-electron chi connectivity index (χ4n) is 1.73. The Labute approximate surface area is 128 Å². The standard InChI is InChI=1S/C13H16ClNO5S/c1-4-15(3)12(16)7-21(19,20)11-6-9(14)5-10(8(11)2)13(17)18/h5-6H,4,7H2,1-3H3,(H,17,18). The Hall–Kier alpha value is -1.60. The zero-order valence-corrected chi connectivity index (χ0v) is 13.5. The van der Waals surface area contributed by atoms with E-state index in [1.165, 1.54) is 24.9 Å². The van der Waals surface area contributed by atoms with Gasteiger partial charge in [0, 0.05) is 18.6 Å². The van der Waals surface area contributed by atoms with Crippen LogP contribution in [0.3, 0.4) is 0 Å². The molecule has 8 heteroatoms. The van der Waals surface area contributed by atoms with Crippen molar-refractivity contribution >= 4 is 33.3 Å². The minimum Gasteiger partial charge on any atom is -0.478 e. The minimum atomic E-state index is -3.96. The van der Waals surface area contributed by atoms with E-state index in [1.807, 2.05) is 0 Å². The predicted octanol–water partition coefficient (Wildman–Crippen LogP) is 1.60. The quantitative estimate of drug-likeness (QED) is 0.883. The monoisotopic (exact) mass is 333 g/mol. The highest BCUT2D eigenvalue weighted by molar-refractivity contribution is 7.92. The normalized spacial score (nSPS) is 11.2. The van der Waals surface area contributed by atoms with Crippen molar-refractivity contribution in [1.82, 2.24) is 4.90 Å². The molecule has 1 amide bonds. The lowest BCUT2D eigenvalue weighted by Crippen LogP contribution is -2.32. The van der Waals surface area contributed by atoms with Crippen LogP contribution >= 0.6 is 11.6 Å². The number of carboxylic acids is 1. The first kappa shape index (κ1) is 17.5. The molecule has 6 nitrogen and oxygen atoms in total. The van der Waals surface area contributed by atoms with Gasteiger partial charge in [0.1, 0.15) is 5.75 Å². The average Bonchev–Trinajstić information content (AvgIpc) is 2.38. The molecule has 1 N–H and O–H groups in total. The molecule has 0 aliphatic rings. The molecule has 116 valence electrons. The number of hydrogen-bond acceptors (Lipinski definition) is 4. The molecule has 0 radical (unpaired) electrons. The molecule has 0 aromatic heterocycles. The summed E-state index contributed by atoms with van der Waals surface area (Å²) in [5, 5.41) is 9.05. The van der Waals surface area contributed by atoms with E-state index in [1.54, 1.807) is 6.92 Å². The summed E-state index contributed by atoms with van der Waals surface area (Å²) >= 11 is 5.78. The van der Waals surface area contributed by atoms with E-state index in [2.05, 4.69) is 0 Å². The summed E-state index contributed by atoms with van der Waals surface area (Å²) in [6.45, 7) is 3.47. The van der Waals surface area contributed by atoms with Crippen LogP contribution in [-0.4, -0.2) is 49.6 Å². The molecule has 0 aliphatic heterocycles. The third kappa shape index (κ3) is 3.95. The Morgan fingerprint density at radius 2 is 1.90 bits per heavy atom. The summed E-state index contributed by atoms with van der Waals surface area (Å²) in [4.78, 5) is 23.9. The zero-order valence-electron chi connectivity index (χ0n) is 11.9.